The first-order valence-corrected chi connectivity index (χ1v) is 9.29. The number of carbonyl (C=O) groups excluding carboxylic acids is 1. The van der Waals surface area contributed by atoms with Crippen LogP contribution >= 0.6 is 0 Å². The standard InChI is InChI=1S/C24H20O5/c1-15-20-10-9-19(12-22(20)29-24(26)21(15)13-23(25)27-2)28-14-16-7-8-17-5-3-4-6-18(17)11-16/h3-12H,13-14H2,1-2H3. The van der Waals surface area contributed by atoms with Crippen molar-refractivity contribution in [2.45, 2.75) is 20.0 Å². The molecule has 0 saturated carbocycles. The molecule has 0 aliphatic heterocycles. The van der Waals surface area contributed by atoms with E-state index in [0.29, 0.717) is 29.1 Å². The lowest BCUT2D eigenvalue weighted by Gasteiger charge is -2.10. The van der Waals surface area contributed by atoms with E-state index in [-0.39, 0.29) is 6.42 Å². The van der Waals surface area contributed by atoms with E-state index in [1.807, 2.05) is 30.3 Å². The van der Waals surface area contributed by atoms with Crippen molar-refractivity contribution in [2.75, 3.05) is 7.11 Å². The Bertz CT molecular complexity index is 1270. The summed E-state index contributed by atoms with van der Waals surface area (Å²) >= 11 is 0. The summed E-state index contributed by atoms with van der Waals surface area (Å²) in [5.41, 5.74) is 1.97. The highest BCUT2D eigenvalue weighted by Crippen LogP contribution is 2.25. The molecule has 1 heterocycles. The van der Waals surface area contributed by atoms with Gasteiger partial charge in [0.15, 0.2) is 0 Å². The molecule has 0 atom stereocenters. The summed E-state index contributed by atoms with van der Waals surface area (Å²) in [5, 5.41) is 3.11. The predicted molar refractivity (Wildman–Crippen MR) is 111 cm³/mol. The van der Waals surface area contributed by atoms with Crippen LogP contribution in [-0.4, -0.2) is 13.1 Å². The SMILES string of the molecule is COC(=O)Cc1c(C)c2ccc(OCc3ccc4ccccc4c3)cc2oc1=O. The molecule has 0 N–H and O–H groups in total. The van der Waals surface area contributed by atoms with Crippen molar-refractivity contribution in [3.05, 3.63) is 87.8 Å². The zero-order chi connectivity index (χ0) is 20.4. The smallest absolute Gasteiger partial charge is 0.340 e. The minimum Gasteiger partial charge on any atom is -0.489 e. The van der Waals surface area contributed by atoms with E-state index in [1.54, 1.807) is 13.0 Å². The van der Waals surface area contributed by atoms with Crippen LogP contribution in [0.4, 0.5) is 0 Å². The predicted octanol–water partition coefficient (Wildman–Crippen LogP) is 4.55. The van der Waals surface area contributed by atoms with Gasteiger partial charge in [-0.15, -0.1) is 0 Å². The Labute approximate surface area is 167 Å². The highest BCUT2D eigenvalue weighted by atomic mass is 16.5. The Balaban J connectivity index is 1.59. The first-order chi connectivity index (χ1) is 14.0. The Morgan fingerprint density at radius 1 is 1.00 bits per heavy atom. The lowest BCUT2D eigenvalue weighted by atomic mass is 10.0. The van der Waals surface area contributed by atoms with Crippen LogP contribution in [0.3, 0.4) is 0 Å². The average molecular weight is 388 g/mol. The number of esters is 1. The maximum Gasteiger partial charge on any atom is 0.340 e. The Hall–Kier alpha value is -3.60. The molecular formula is C24H20O5. The fourth-order valence-electron chi connectivity index (χ4n) is 3.38. The van der Waals surface area contributed by atoms with E-state index in [0.717, 1.165) is 16.3 Å². The maximum absolute atomic E-state index is 12.3. The Morgan fingerprint density at radius 3 is 2.59 bits per heavy atom. The van der Waals surface area contributed by atoms with Crippen molar-refractivity contribution in [3.63, 3.8) is 0 Å². The van der Waals surface area contributed by atoms with E-state index in [2.05, 4.69) is 29.0 Å². The van der Waals surface area contributed by atoms with Crippen LogP contribution in [-0.2, 0) is 22.6 Å². The molecule has 1 aromatic heterocycles. The van der Waals surface area contributed by atoms with Gasteiger partial charge in [-0.2, -0.15) is 0 Å². The molecule has 0 aliphatic carbocycles. The number of aryl methyl sites for hydroxylation is 1. The van der Waals surface area contributed by atoms with Crippen LogP contribution in [0.25, 0.3) is 21.7 Å². The number of hydrogen-bond donors (Lipinski definition) is 0. The van der Waals surface area contributed by atoms with Crippen molar-refractivity contribution < 1.29 is 18.7 Å². The summed E-state index contributed by atoms with van der Waals surface area (Å²) in [7, 11) is 1.29. The molecule has 0 aliphatic rings. The summed E-state index contributed by atoms with van der Waals surface area (Å²) in [6.07, 6.45) is -0.110. The summed E-state index contributed by atoms with van der Waals surface area (Å²) < 4.78 is 16.0. The van der Waals surface area contributed by atoms with Gasteiger partial charge in [-0.1, -0.05) is 36.4 Å². The van der Waals surface area contributed by atoms with Crippen molar-refractivity contribution in [1.29, 1.82) is 0 Å². The van der Waals surface area contributed by atoms with Gasteiger partial charge in [-0.05, 0) is 47.0 Å². The molecule has 4 rings (SSSR count). The van der Waals surface area contributed by atoms with E-state index >= 15 is 0 Å². The molecule has 0 radical (unpaired) electrons. The maximum atomic E-state index is 12.3. The van der Waals surface area contributed by atoms with Crippen LogP contribution in [0, 0.1) is 6.92 Å². The fraction of sp³-hybridized carbons (Fsp3) is 0.167. The van der Waals surface area contributed by atoms with Crippen LogP contribution in [0.5, 0.6) is 5.75 Å². The minimum absolute atomic E-state index is 0.110. The van der Waals surface area contributed by atoms with Gasteiger partial charge in [0, 0.05) is 11.5 Å². The molecule has 0 saturated heterocycles. The largest absolute Gasteiger partial charge is 0.489 e. The van der Waals surface area contributed by atoms with Gasteiger partial charge < -0.3 is 13.9 Å². The van der Waals surface area contributed by atoms with Crippen molar-refractivity contribution in [3.8, 4) is 5.75 Å². The topological polar surface area (TPSA) is 65.7 Å². The molecule has 146 valence electrons. The van der Waals surface area contributed by atoms with Crippen LogP contribution in [0.15, 0.2) is 69.9 Å². The van der Waals surface area contributed by atoms with Gasteiger partial charge in [0.05, 0.1) is 19.1 Å². The number of ether oxygens (including phenoxy) is 2. The van der Waals surface area contributed by atoms with E-state index in [9.17, 15) is 9.59 Å². The second-order valence-electron chi connectivity index (χ2n) is 6.87. The van der Waals surface area contributed by atoms with E-state index in [4.69, 9.17) is 9.15 Å². The van der Waals surface area contributed by atoms with Crippen LogP contribution in [0.2, 0.25) is 0 Å². The molecule has 0 unspecified atom stereocenters. The van der Waals surface area contributed by atoms with Gasteiger partial charge in [-0.25, -0.2) is 4.79 Å². The second kappa shape index (κ2) is 7.80. The summed E-state index contributed by atoms with van der Waals surface area (Å²) in [4.78, 5) is 23.9. The third kappa shape index (κ3) is 3.85. The Morgan fingerprint density at radius 2 is 1.79 bits per heavy atom. The number of methoxy groups -OCH3 is 1. The number of benzene rings is 3. The highest BCUT2D eigenvalue weighted by Gasteiger charge is 2.15. The number of carbonyl (C=O) groups is 1. The summed E-state index contributed by atoms with van der Waals surface area (Å²) in [6, 6.07) is 19.7. The molecule has 0 amide bonds. The molecule has 4 aromatic rings. The van der Waals surface area contributed by atoms with Crippen molar-refractivity contribution in [1.82, 2.24) is 0 Å². The first kappa shape index (κ1) is 18.7. The number of fused-ring (bicyclic) bond motifs is 2. The third-order valence-corrected chi connectivity index (χ3v) is 5.03. The van der Waals surface area contributed by atoms with Gasteiger partial charge in [0.25, 0.3) is 0 Å². The van der Waals surface area contributed by atoms with Crippen molar-refractivity contribution in [2.24, 2.45) is 0 Å². The monoisotopic (exact) mass is 388 g/mol. The van der Waals surface area contributed by atoms with Crippen LogP contribution in [0.1, 0.15) is 16.7 Å². The number of hydrogen-bond acceptors (Lipinski definition) is 5. The minimum atomic E-state index is -0.535. The van der Waals surface area contributed by atoms with Crippen LogP contribution < -0.4 is 10.4 Å². The molecule has 0 spiro atoms. The quantitative estimate of drug-likeness (QED) is 0.371. The molecule has 0 fully saturated rings. The second-order valence-corrected chi connectivity index (χ2v) is 6.87. The normalized spacial score (nSPS) is 11.0. The molecule has 0 bridgehead atoms. The molecule has 29 heavy (non-hydrogen) atoms. The molecule has 5 nitrogen and oxygen atoms in total. The zero-order valence-electron chi connectivity index (χ0n) is 16.2. The van der Waals surface area contributed by atoms with Gasteiger partial charge >= 0.3 is 11.6 Å². The van der Waals surface area contributed by atoms with E-state index in [1.165, 1.54) is 12.5 Å². The lowest BCUT2D eigenvalue weighted by molar-refractivity contribution is -0.139. The summed E-state index contributed by atoms with van der Waals surface area (Å²) in [6.45, 7) is 2.20. The van der Waals surface area contributed by atoms with Gasteiger partial charge in [0.1, 0.15) is 17.9 Å². The van der Waals surface area contributed by atoms with Gasteiger partial charge in [0.2, 0.25) is 0 Å². The van der Waals surface area contributed by atoms with Crippen molar-refractivity contribution >= 4 is 27.7 Å². The number of rotatable bonds is 5. The third-order valence-electron chi connectivity index (χ3n) is 5.03. The first-order valence-electron chi connectivity index (χ1n) is 9.29. The summed E-state index contributed by atoms with van der Waals surface area (Å²) in [5.74, 6) is 0.129. The van der Waals surface area contributed by atoms with E-state index < -0.39 is 11.6 Å². The average Bonchev–Trinajstić information content (AvgIpc) is 2.74. The zero-order valence-corrected chi connectivity index (χ0v) is 16.2. The fourth-order valence-corrected chi connectivity index (χ4v) is 3.38. The Kier molecular flexibility index (Phi) is 5.04. The molecular weight excluding hydrogens is 368 g/mol. The molecule has 5 heteroatoms. The van der Waals surface area contributed by atoms with Gasteiger partial charge in [-0.3, -0.25) is 4.79 Å². The lowest BCUT2D eigenvalue weighted by Crippen LogP contribution is -2.16. The highest BCUT2D eigenvalue weighted by molar-refractivity contribution is 5.84. The molecule has 3 aromatic carbocycles.